The molecule has 1 fully saturated rings. The van der Waals surface area contributed by atoms with E-state index in [1.807, 2.05) is 91.0 Å². The second kappa shape index (κ2) is 16.2. The first-order chi connectivity index (χ1) is 22.0. The molecule has 4 aromatic rings. The van der Waals surface area contributed by atoms with Crippen molar-refractivity contribution in [1.29, 1.82) is 0 Å². The molecular weight excluding hydrogens is 588 g/mol. The van der Waals surface area contributed by atoms with Crippen molar-refractivity contribution in [2.75, 3.05) is 18.9 Å². The predicted octanol–water partition coefficient (Wildman–Crippen LogP) is 6.55. The molecule has 0 unspecified atom stereocenters. The highest BCUT2D eigenvalue weighted by Gasteiger charge is 2.32. The monoisotopic (exact) mass is 626 g/mol. The largest absolute Gasteiger partial charge is 0.465 e. The molecule has 0 radical (unpaired) electrons. The fourth-order valence-electron chi connectivity index (χ4n) is 5.11. The van der Waals surface area contributed by atoms with E-state index in [0.29, 0.717) is 6.54 Å². The van der Waals surface area contributed by atoms with Gasteiger partial charge in [-0.25, -0.2) is 4.79 Å². The number of aliphatic hydroxyl groups excluding tert-OH is 1. The third-order valence-corrected chi connectivity index (χ3v) is 8.59. The minimum atomic E-state index is -0.545. The molecule has 45 heavy (non-hydrogen) atoms. The van der Waals surface area contributed by atoms with Crippen LogP contribution in [-0.4, -0.2) is 42.1 Å². The molecule has 0 aliphatic carbocycles. The van der Waals surface area contributed by atoms with E-state index in [1.54, 1.807) is 18.7 Å². The van der Waals surface area contributed by atoms with E-state index in [4.69, 9.17) is 14.2 Å². The van der Waals surface area contributed by atoms with Gasteiger partial charge in [0.1, 0.15) is 6.54 Å². The molecule has 3 N–H and O–H groups in total. The van der Waals surface area contributed by atoms with Crippen molar-refractivity contribution in [1.82, 2.24) is 10.6 Å². The van der Waals surface area contributed by atoms with Gasteiger partial charge in [0.25, 0.3) is 0 Å². The van der Waals surface area contributed by atoms with Crippen LogP contribution < -0.4 is 10.6 Å². The van der Waals surface area contributed by atoms with Gasteiger partial charge in [-0.05, 0) is 46.9 Å². The van der Waals surface area contributed by atoms with E-state index in [-0.39, 0.29) is 32.0 Å². The molecule has 2 amide bonds. The zero-order valence-corrected chi connectivity index (χ0v) is 26.0. The van der Waals surface area contributed by atoms with Gasteiger partial charge in [0.05, 0.1) is 25.4 Å². The summed E-state index contributed by atoms with van der Waals surface area (Å²) in [5.74, 6) is 0.312. The molecule has 4 aromatic carbocycles. The molecule has 234 valence electrons. The number of urea groups is 1. The number of nitrogens with one attached hydrogen (secondary N) is 2. The molecular formula is C36H38N2O6S. The summed E-state index contributed by atoms with van der Waals surface area (Å²) in [4.78, 5) is 25.0. The van der Waals surface area contributed by atoms with Crippen molar-refractivity contribution in [2.45, 2.75) is 49.9 Å². The van der Waals surface area contributed by atoms with Crippen molar-refractivity contribution < 1.29 is 28.9 Å². The lowest BCUT2D eigenvalue weighted by molar-refractivity contribution is -0.245. The number of carbonyl (C=O) groups excluding carboxylic acids is 2. The first-order valence-electron chi connectivity index (χ1n) is 15.1. The lowest BCUT2D eigenvalue weighted by Gasteiger charge is -2.36. The predicted molar refractivity (Wildman–Crippen MR) is 174 cm³/mol. The van der Waals surface area contributed by atoms with Crippen LogP contribution in [0.3, 0.4) is 0 Å². The molecule has 0 bridgehead atoms. The van der Waals surface area contributed by atoms with Crippen molar-refractivity contribution >= 4 is 23.8 Å². The van der Waals surface area contributed by atoms with E-state index in [0.717, 1.165) is 45.6 Å². The second-order valence-corrected chi connectivity index (χ2v) is 11.7. The molecule has 3 atom stereocenters. The average Bonchev–Trinajstić information content (AvgIpc) is 3.09. The Morgan fingerprint density at radius 3 is 2.31 bits per heavy atom. The lowest BCUT2D eigenvalue weighted by atomic mass is 9.98. The zero-order valence-electron chi connectivity index (χ0n) is 25.2. The Labute approximate surface area is 268 Å². The maximum atomic E-state index is 12.2. The van der Waals surface area contributed by atoms with E-state index < -0.39 is 18.3 Å². The number of esters is 1. The summed E-state index contributed by atoms with van der Waals surface area (Å²) in [6.45, 7) is 2.09. The first-order valence-corrected chi connectivity index (χ1v) is 16.0. The minimum Gasteiger partial charge on any atom is -0.465 e. The summed E-state index contributed by atoms with van der Waals surface area (Å²) in [5.41, 5.74) is 5.75. The summed E-state index contributed by atoms with van der Waals surface area (Å²) >= 11 is 1.77. The molecule has 1 aliphatic heterocycles. The summed E-state index contributed by atoms with van der Waals surface area (Å²) in [7, 11) is 0. The highest BCUT2D eigenvalue weighted by atomic mass is 32.2. The number of carbonyl (C=O) groups is 2. The third kappa shape index (κ3) is 9.18. The highest BCUT2D eigenvalue weighted by Crippen LogP contribution is 2.40. The Bertz CT molecular complexity index is 1530. The number of ether oxygens (including phenoxy) is 3. The van der Waals surface area contributed by atoms with Crippen LogP contribution in [0.2, 0.25) is 0 Å². The summed E-state index contributed by atoms with van der Waals surface area (Å²) in [6.07, 6.45) is -0.00499. The Kier molecular flexibility index (Phi) is 11.6. The quantitative estimate of drug-likeness (QED) is 0.121. The van der Waals surface area contributed by atoms with Gasteiger partial charge in [0.2, 0.25) is 0 Å². The van der Waals surface area contributed by atoms with Crippen LogP contribution in [0.1, 0.15) is 48.0 Å². The number of amides is 2. The third-order valence-electron chi connectivity index (χ3n) is 7.44. The van der Waals surface area contributed by atoms with Crippen LogP contribution in [-0.2, 0) is 32.2 Å². The number of thioether (sulfide) groups is 1. The Hall–Kier alpha value is -4.15. The fourth-order valence-corrected chi connectivity index (χ4v) is 6.05. The minimum absolute atomic E-state index is 0.00208. The van der Waals surface area contributed by atoms with Gasteiger partial charge in [-0.3, -0.25) is 4.79 Å². The smallest absolute Gasteiger partial charge is 0.325 e. The van der Waals surface area contributed by atoms with Crippen molar-refractivity contribution in [3.63, 3.8) is 0 Å². The Morgan fingerprint density at radius 1 is 0.867 bits per heavy atom. The van der Waals surface area contributed by atoms with Crippen LogP contribution >= 0.6 is 11.8 Å². The number of hydrogen-bond acceptors (Lipinski definition) is 7. The van der Waals surface area contributed by atoms with E-state index in [1.165, 1.54) is 4.90 Å². The molecule has 1 saturated heterocycles. The van der Waals surface area contributed by atoms with Gasteiger partial charge in [0, 0.05) is 29.2 Å². The van der Waals surface area contributed by atoms with Crippen LogP contribution in [0.15, 0.2) is 108 Å². The van der Waals surface area contributed by atoms with Gasteiger partial charge in [-0.1, -0.05) is 91.0 Å². The molecule has 0 aromatic heterocycles. The molecule has 1 aliphatic rings. The molecule has 0 spiro atoms. The number of benzene rings is 4. The fraction of sp³-hybridized carbons (Fsp3) is 0.278. The summed E-state index contributed by atoms with van der Waals surface area (Å²) in [5, 5.41) is 14.8. The molecule has 9 heteroatoms. The molecule has 1 heterocycles. The number of rotatable bonds is 12. The summed E-state index contributed by atoms with van der Waals surface area (Å²) in [6, 6.07) is 33.7. The van der Waals surface area contributed by atoms with Gasteiger partial charge < -0.3 is 30.0 Å². The molecule has 0 saturated carbocycles. The van der Waals surface area contributed by atoms with Crippen LogP contribution in [0.25, 0.3) is 11.1 Å². The van der Waals surface area contributed by atoms with Gasteiger partial charge in [-0.2, -0.15) is 0 Å². The molecule has 5 rings (SSSR count). The van der Waals surface area contributed by atoms with Crippen LogP contribution in [0.4, 0.5) is 4.79 Å². The molecule has 8 nitrogen and oxygen atoms in total. The van der Waals surface area contributed by atoms with Gasteiger partial charge in [-0.15, -0.1) is 11.8 Å². The van der Waals surface area contributed by atoms with Crippen LogP contribution in [0, 0.1) is 0 Å². The highest BCUT2D eigenvalue weighted by molar-refractivity contribution is 7.99. The number of aliphatic hydroxyl groups is 1. The van der Waals surface area contributed by atoms with Crippen molar-refractivity contribution in [2.24, 2.45) is 0 Å². The Morgan fingerprint density at radius 2 is 1.58 bits per heavy atom. The standard InChI is InChI=1S/C36H38N2O6S/c1-2-42-34(40)22-38-36(41)37-21-29-8-6-7-11-32(29)26-16-18-28(19-17-26)35-43-30(24-45-31-9-4-3-5-10-31)20-33(44-35)27-14-12-25(23-39)13-15-27/h3-19,30,33,35,39H,2,20-24H2,1H3,(H2,37,38,41)/t30-,33+,35+/m0/s1. The Balaban J connectivity index is 1.28. The number of hydrogen-bond donors (Lipinski definition) is 3. The first kappa shape index (κ1) is 32.2. The second-order valence-electron chi connectivity index (χ2n) is 10.6. The van der Waals surface area contributed by atoms with Crippen LogP contribution in [0.5, 0.6) is 0 Å². The maximum Gasteiger partial charge on any atom is 0.325 e. The average molecular weight is 627 g/mol. The van der Waals surface area contributed by atoms with Gasteiger partial charge >= 0.3 is 12.0 Å². The SMILES string of the molecule is CCOC(=O)CNC(=O)NCc1ccccc1-c1ccc([C@@H]2O[C@H](CSc3ccccc3)C[C@H](c3ccc(CO)cc3)O2)cc1. The van der Waals surface area contributed by atoms with E-state index in [9.17, 15) is 14.7 Å². The van der Waals surface area contributed by atoms with E-state index >= 15 is 0 Å². The van der Waals surface area contributed by atoms with Crippen molar-refractivity contribution in [3.05, 3.63) is 125 Å². The zero-order chi connectivity index (χ0) is 31.4. The maximum absolute atomic E-state index is 12.2. The normalized spacial score (nSPS) is 17.8. The van der Waals surface area contributed by atoms with Gasteiger partial charge in [0.15, 0.2) is 6.29 Å². The summed E-state index contributed by atoms with van der Waals surface area (Å²) < 4.78 is 17.9. The van der Waals surface area contributed by atoms with E-state index in [2.05, 4.69) is 22.8 Å². The lowest BCUT2D eigenvalue weighted by Crippen LogP contribution is -2.38. The topological polar surface area (TPSA) is 106 Å². The van der Waals surface area contributed by atoms with Crippen molar-refractivity contribution in [3.8, 4) is 11.1 Å².